The van der Waals surface area contributed by atoms with Gasteiger partial charge in [0.2, 0.25) is 5.95 Å². The minimum atomic E-state index is -0.237. The lowest BCUT2D eigenvalue weighted by Crippen LogP contribution is -2.10. The molecule has 5 rings (SSSR count). The second-order valence-corrected chi connectivity index (χ2v) is 6.49. The highest BCUT2D eigenvalue weighted by molar-refractivity contribution is 5.65. The van der Waals surface area contributed by atoms with Crippen molar-refractivity contribution in [3.05, 3.63) is 66.0 Å². The molecule has 0 spiro atoms. The molecule has 27 heavy (non-hydrogen) atoms. The molecule has 8 heteroatoms. The molecule has 3 aromatic heterocycles. The summed E-state index contributed by atoms with van der Waals surface area (Å²) in [4.78, 5) is 13.0. The molecule has 1 aliphatic heterocycles. The number of imidazole rings is 2. The summed E-state index contributed by atoms with van der Waals surface area (Å²) in [6.07, 6.45) is 9.61. The Bertz CT molecular complexity index is 1150. The van der Waals surface area contributed by atoms with Crippen molar-refractivity contribution in [1.82, 2.24) is 23.9 Å². The highest BCUT2D eigenvalue weighted by Gasteiger charge is 2.19. The van der Waals surface area contributed by atoms with E-state index in [1.54, 1.807) is 31.1 Å². The van der Waals surface area contributed by atoms with Crippen LogP contribution in [0, 0.1) is 12.7 Å². The van der Waals surface area contributed by atoms with Crippen LogP contribution in [0.5, 0.6) is 5.75 Å². The number of aromatic nitrogens is 5. The maximum Gasteiger partial charge on any atom is 0.209 e. The fourth-order valence-corrected chi connectivity index (χ4v) is 3.46. The molecule has 1 aromatic carbocycles. The molecule has 1 N–H and O–H groups in total. The van der Waals surface area contributed by atoms with Gasteiger partial charge in [-0.3, -0.25) is 4.40 Å². The number of hydrogen-bond donors (Lipinski definition) is 1. The summed E-state index contributed by atoms with van der Waals surface area (Å²) in [7, 11) is 0. The predicted molar refractivity (Wildman–Crippen MR) is 97.8 cm³/mol. The number of rotatable bonds is 4. The van der Waals surface area contributed by atoms with E-state index >= 15 is 0 Å². The lowest BCUT2D eigenvalue weighted by molar-refractivity contribution is 0.356. The third kappa shape index (κ3) is 2.61. The summed E-state index contributed by atoms with van der Waals surface area (Å²) in [5.74, 6) is 1.12. The first kappa shape index (κ1) is 15.8. The number of anilines is 1. The molecule has 0 saturated carbocycles. The van der Waals surface area contributed by atoms with Crippen LogP contribution in [0.1, 0.15) is 16.8 Å². The Balaban J connectivity index is 1.49. The smallest absolute Gasteiger partial charge is 0.209 e. The Labute approximate surface area is 154 Å². The van der Waals surface area contributed by atoms with E-state index in [-0.39, 0.29) is 5.82 Å². The quantitative estimate of drug-likeness (QED) is 0.603. The van der Waals surface area contributed by atoms with Crippen molar-refractivity contribution in [1.29, 1.82) is 0 Å². The van der Waals surface area contributed by atoms with Crippen molar-refractivity contribution in [2.24, 2.45) is 0 Å². The van der Waals surface area contributed by atoms with Crippen LogP contribution in [-0.2, 0) is 13.0 Å². The van der Waals surface area contributed by atoms with Crippen LogP contribution in [0.3, 0.4) is 0 Å². The molecule has 0 atom stereocenters. The number of fused-ring (bicyclic) bond motifs is 2. The zero-order chi connectivity index (χ0) is 18.4. The molecule has 136 valence electrons. The zero-order valence-corrected chi connectivity index (χ0v) is 14.7. The molecule has 0 fully saturated rings. The van der Waals surface area contributed by atoms with Crippen molar-refractivity contribution < 1.29 is 9.13 Å². The maximum absolute atomic E-state index is 14.3. The minimum absolute atomic E-state index is 0.237. The number of halogens is 1. The standard InChI is InChI=1S/C19H17FN6O/c1-12-9-25(11-24-12)16-8-23-19(26-10-21-7-17(16)26)22-6-14-13-4-5-27-18(13)3-2-15(14)20/h2-3,7-11H,4-6H2,1H3,(H,22,23). The van der Waals surface area contributed by atoms with Crippen molar-refractivity contribution in [2.45, 2.75) is 19.9 Å². The molecule has 4 aromatic rings. The second kappa shape index (κ2) is 6.08. The van der Waals surface area contributed by atoms with Gasteiger partial charge in [0.15, 0.2) is 0 Å². The van der Waals surface area contributed by atoms with E-state index < -0.39 is 0 Å². The average molecular weight is 364 g/mol. The third-order valence-corrected chi connectivity index (χ3v) is 4.79. The van der Waals surface area contributed by atoms with Crippen LogP contribution in [0.25, 0.3) is 11.2 Å². The van der Waals surface area contributed by atoms with Gasteiger partial charge in [0.25, 0.3) is 0 Å². The first-order valence-electron chi connectivity index (χ1n) is 8.69. The van der Waals surface area contributed by atoms with Crippen LogP contribution in [-0.4, -0.2) is 30.5 Å². The van der Waals surface area contributed by atoms with Gasteiger partial charge in [-0.1, -0.05) is 0 Å². The average Bonchev–Trinajstić information content (AvgIpc) is 3.40. The van der Waals surface area contributed by atoms with Gasteiger partial charge >= 0.3 is 0 Å². The number of nitrogens with zero attached hydrogens (tertiary/aromatic N) is 5. The molecule has 0 bridgehead atoms. The Hall–Kier alpha value is -3.42. The van der Waals surface area contributed by atoms with Gasteiger partial charge in [0.05, 0.1) is 42.2 Å². The van der Waals surface area contributed by atoms with Gasteiger partial charge in [0.1, 0.15) is 17.9 Å². The lowest BCUT2D eigenvalue weighted by atomic mass is 10.0. The molecule has 0 aliphatic carbocycles. The number of aryl methyl sites for hydroxylation is 1. The Morgan fingerprint density at radius 3 is 3.00 bits per heavy atom. The van der Waals surface area contributed by atoms with Gasteiger partial charge in [-0.25, -0.2) is 19.3 Å². The second-order valence-electron chi connectivity index (χ2n) is 6.49. The monoisotopic (exact) mass is 364 g/mol. The summed E-state index contributed by atoms with van der Waals surface area (Å²) in [6, 6.07) is 3.14. The molecule has 0 unspecified atom stereocenters. The molecule has 4 heterocycles. The highest BCUT2D eigenvalue weighted by Crippen LogP contribution is 2.30. The fraction of sp³-hybridized carbons (Fsp3) is 0.211. The lowest BCUT2D eigenvalue weighted by Gasteiger charge is -2.13. The number of benzene rings is 1. The molecular formula is C19H17FN6O. The highest BCUT2D eigenvalue weighted by atomic mass is 19.1. The molecule has 1 aliphatic rings. The zero-order valence-electron chi connectivity index (χ0n) is 14.7. The number of ether oxygens (including phenoxy) is 1. The van der Waals surface area contributed by atoms with E-state index in [1.807, 2.05) is 22.1 Å². The summed E-state index contributed by atoms with van der Waals surface area (Å²) < 4.78 is 23.6. The fourth-order valence-electron chi connectivity index (χ4n) is 3.46. The van der Waals surface area contributed by atoms with Gasteiger partial charge in [-0.05, 0) is 19.1 Å². The van der Waals surface area contributed by atoms with Crippen LogP contribution in [0.15, 0.2) is 43.4 Å². The molecule has 0 radical (unpaired) electrons. The van der Waals surface area contributed by atoms with E-state index in [2.05, 4.69) is 20.3 Å². The summed E-state index contributed by atoms with van der Waals surface area (Å²) in [6.45, 7) is 2.85. The Kier molecular flexibility index (Phi) is 3.56. The first-order chi connectivity index (χ1) is 13.2. The first-order valence-corrected chi connectivity index (χ1v) is 8.69. The SMILES string of the molecule is Cc1cn(-c2cnc(NCc3c(F)ccc4c3CCO4)n3cncc23)cn1. The maximum atomic E-state index is 14.3. The minimum Gasteiger partial charge on any atom is -0.493 e. The van der Waals surface area contributed by atoms with Crippen molar-refractivity contribution >= 4 is 11.5 Å². The van der Waals surface area contributed by atoms with Gasteiger partial charge in [-0.15, -0.1) is 0 Å². The van der Waals surface area contributed by atoms with E-state index in [0.717, 1.165) is 34.6 Å². The summed E-state index contributed by atoms with van der Waals surface area (Å²) in [5.41, 5.74) is 4.22. The number of nitrogens with one attached hydrogen (secondary N) is 1. The molecule has 0 saturated heterocycles. The van der Waals surface area contributed by atoms with Crippen LogP contribution >= 0.6 is 0 Å². The summed E-state index contributed by atoms with van der Waals surface area (Å²) in [5, 5.41) is 3.24. The summed E-state index contributed by atoms with van der Waals surface area (Å²) >= 11 is 0. The van der Waals surface area contributed by atoms with Crippen LogP contribution < -0.4 is 10.1 Å². The van der Waals surface area contributed by atoms with E-state index in [0.29, 0.717) is 24.7 Å². The topological polar surface area (TPSA) is 69.3 Å². The van der Waals surface area contributed by atoms with Crippen LogP contribution in [0.2, 0.25) is 0 Å². The normalized spacial score (nSPS) is 13.0. The molecule has 7 nitrogen and oxygen atoms in total. The Morgan fingerprint density at radius 2 is 2.15 bits per heavy atom. The largest absolute Gasteiger partial charge is 0.493 e. The molecule has 0 amide bonds. The van der Waals surface area contributed by atoms with Gasteiger partial charge in [-0.2, -0.15) is 0 Å². The van der Waals surface area contributed by atoms with Crippen molar-refractivity contribution in [2.75, 3.05) is 11.9 Å². The van der Waals surface area contributed by atoms with Crippen molar-refractivity contribution in [3.8, 4) is 11.4 Å². The third-order valence-electron chi connectivity index (χ3n) is 4.79. The predicted octanol–water partition coefficient (Wildman–Crippen LogP) is 2.91. The number of hydrogen-bond acceptors (Lipinski definition) is 5. The van der Waals surface area contributed by atoms with Gasteiger partial charge in [0, 0.05) is 30.3 Å². The Morgan fingerprint density at radius 1 is 1.22 bits per heavy atom. The van der Waals surface area contributed by atoms with Gasteiger partial charge < -0.3 is 14.6 Å². The van der Waals surface area contributed by atoms with E-state index in [1.165, 1.54) is 6.07 Å². The van der Waals surface area contributed by atoms with Crippen molar-refractivity contribution in [3.63, 3.8) is 0 Å². The van der Waals surface area contributed by atoms with E-state index in [9.17, 15) is 4.39 Å². The van der Waals surface area contributed by atoms with E-state index in [4.69, 9.17) is 4.74 Å². The molecular weight excluding hydrogens is 347 g/mol. The van der Waals surface area contributed by atoms with Crippen LogP contribution in [0.4, 0.5) is 10.3 Å².